The maximum absolute atomic E-state index is 13.3. The molecule has 222 valence electrons. The van der Waals surface area contributed by atoms with Crippen LogP contribution in [0.4, 0.5) is 0 Å². The first-order valence-electron chi connectivity index (χ1n) is 13.6. The minimum Gasteiger partial charge on any atom is -0.493 e. The molecule has 0 aromatic heterocycles. The van der Waals surface area contributed by atoms with Gasteiger partial charge >= 0.3 is 0 Å². The van der Waals surface area contributed by atoms with Crippen LogP contribution < -0.4 is 23.7 Å². The van der Waals surface area contributed by atoms with Crippen molar-refractivity contribution in [2.24, 2.45) is 0 Å². The molecule has 4 rings (SSSR count). The van der Waals surface area contributed by atoms with Gasteiger partial charge in [-0.15, -0.1) is 0 Å². The van der Waals surface area contributed by atoms with Crippen LogP contribution in [0.3, 0.4) is 0 Å². The van der Waals surface area contributed by atoms with Gasteiger partial charge in [-0.1, -0.05) is 37.3 Å². The molecule has 0 spiro atoms. The maximum Gasteiger partial charge on any atom is 0.203 e. The van der Waals surface area contributed by atoms with Gasteiger partial charge in [0, 0.05) is 0 Å². The summed E-state index contributed by atoms with van der Waals surface area (Å²) in [4.78, 5) is -0.0135. The summed E-state index contributed by atoms with van der Waals surface area (Å²) >= 11 is 0. The largest absolute Gasteiger partial charge is 0.493 e. The van der Waals surface area contributed by atoms with Gasteiger partial charge in [0.2, 0.25) is 5.75 Å². The van der Waals surface area contributed by atoms with Crippen molar-refractivity contribution >= 4 is 9.84 Å². The normalized spacial score (nSPS) is 16.8. The highest BCUT2D eigenvalue weighted by molar-refractivity contribution is 7.91. The second kappa shape index (κ2) is 13.9. The van der Waals surface area contributed by atoms with E-state index in [1.165, 1.54) is 0 Å². The molecule has 1 heterocycles. The Kier molecular flexibility index (Phi) is 10.4. The molecule has 0 radical (unpaired) electrons. The molecule has 3 aromatic rings. The predicted molar refractivity (Wildman–Crippen MR) is 154 cm³/mol. The van der Waals surface area contributed by atoms with Crippen molar-refractivity contribution in [3.63, 3.8) is 0 Å². The Labute approximate surface area is 241 Å². The van der Waals surface area contributed by atoms with Crippen LogP contribution in [0.5, 0.6) is 28.7 Å². The SMILES string of the molecule is CCCOc1c(OCc2ccccc2)cc([C@H]2CC[C@H](c3cc(OC)c(OC)c(OC)c3)O2)cc1S(=O)(=O)CCO. The van der Waals surface area contributed by atoms with Crippen LogP contribution in [0.1, 0.15) is 55.1 Å². The molecule has 1 aliphatic heterocycles. The Hall–Kier alpha value is -3.47. The van der Waals surface area contributed by atoms with Gasteiger partial charge in [-0.05, 0) is 60.2 Å². The average molecular weight is 587 g/mol. The summed E-state index contributed by atoms with van der Waals surface area (Å²) in [6.45, 7) is 1.97. The fraction of sp³-hybridized carbons (Fsp3) is 0.419. The van der Waals surface area contributed by atoms with Crippen LogP contribution in [-0.4, -0.2) is 53.8 Å². The van der Waals surface area contributed by atoms with E-state index in [9.17, 15) is 13.5 Å². The highest BCUT2D eigenvalue weighted by Crippen LogP contribution is 2.48. The minimum absolute atomic E-state index is 0.0135. The molecule has 10 heteroatoms. The molecule has 1 N–H and O–H groups in total. The lowest BCUT2D eigenvalue weighted by molar-refractivity contribution is 0.0434. The number of rotatable bonds is 14. The van der Waals surface area contributed by atoms with E-state index >= 15 is 0 Å². The van der Waals surface area contributed by atoms with Crippen molar-refractivity contribution in [2.75, 3.05) is 40.3 Å². The summed E-state index contributed by atoms with van der Waals surface area (Å²) in [5.74, 6) is 1.59. The smallest absolute Gasteiger partial charge is 0.203 e. The Bertz CT molecular complexity index is 1380. The highest BCUT2D eigenvalue weighted by atomic mass is 32.2. The van der Waals surface area contributed by atoms with Crippen molar-refractivity contribution in [1.29, 1.82) is 0 Å². The summed E-state index contributed by atoms with van der Waals surface area (Å²) in [5, 5.41) is 9.51. The molecule has 0 unspecified atom stereocenters. The number of methoxy groups -OCH3 is 3. The number of aliphatic hydroxyl groups excluding tert-OH is 1. The molecule has 0 saturated carbocycles. The lowest BCUT2D eigenvalue weighted by atomic mass is 10.0. The van der Waals surface area contributed by atoms with Crippen LogP contribution in [-0.2, 0) is 21.2 Å². The first-order chi connectivity index (χ1) is 19.8. The third-order valence-corrected chi connectivity index (χ3v) is 8.57. The van der Waals surface area contributed by atoms with Crippen molar-refractivity contribution < 1.29 is 41.9 Å². The zero-order valence-corrected chi connectivity index (χ0v) is 24.7. The molecule has 9 nitrogen and oxygen atoms in total. The van der Waals surface area contributed by atoms with E-state index in [1.807, 2.05) is 49.4 Å². The molecule has 3 aromatic carbocycles. The predicted octanol–water partition coefficient (Wildman–Crippen LogP) is 5.44. The van der Waals surface area contributed by atoms with Crippen molar-refractivity contribution in [3.8, 4) is 28.7 Å². The van der Waals surface area contributed by atoms with Crippen LogP contribution in [0.25, 0.3) is 0 Å². The molecule has 41 heavy (non-hydrogen) atoms. The average Bonchev–Trinajstić information content (AvgIpc) is 3.49. The fourth-order valence-electron chi connectivity index (χ4n) is 4.85. The van der Waals surface area contributed by atoms with E-state index in [0.29, 0.717) is 54.4 Å². The Morgan fingerprint density at radius 3 is 2.00 bits per heavy atom. The Balaban J connectivity index is 1.72. The first-order valence-corrected chi connectivity index (χ1v) is 15.3. The second-order valence-electron chi connectivity index (χ2n) is 9.66. The number of hydrogen-bond acceptors (Lipinski definition) is 9. The quantitative estimate of drug-likeness (QED) is 0.264. The summed E-state index contributed by atoms with van der Waals surface area (Å²) < 4.78 is 61.7. The van der Waals surface area contributed by atoms with Crippen molar-refractivity contribution in [3.05, 3.63) is 71.3 Å². The zero-order chi connectivity index (χ0) is 29.4. The maximum atomic E-state index is 13.3. The highest BCUT2D eigenvalue weighted by Gasteiger charge is 2.33. The molecule has 1 aliphatic rings. The van der Waals surface area contributed by atoms with E-state index in [2.05, 4.69) is 0 Å². The molecule has 0 bridgehead atoms. The van der Waals surface area contributed by atoms with Gasteiger partial charge in [-0.3, -0.25) is 0 Å². The van der Waals surface area contributed by atoms with E-state index in [4.69, 9.17) is 28.4 Å². The van der Waals surface area contributed by atoms with Gasteiger partial charge in [0.25, 0.3) is 0 Å². The molecule has 1 saturated heterocycles. The van der Waals surface area contributed by atoms with Gasteiger partial charge in [0.1, 0.15) is 11.5 Å². The van der Waals surface area contributed by atoms with Crippen molar-refractivity contribution in [2.45, 2.75) is 49.9 Å². The third-order valence-electron chi connectivity index (χ3n) is 6.88. The summed E-state index contributed by atoms with van der Waals surface area (Å²) in [6, 6.07) is 16.7. The lowest BCUT2D eigenvalue weighted by Gasteiger charge is -2.21. The minimum atomic E-state index is -3.88. The monoisotopic (exact) mass is 586 g/mol. The van der Waals surface area contributed by atoms with E-state index < -0.39 is 28.3 Å². The molecule has 0 amide bonds. The van der Waals surface area contributed by atoms with Crippen LogP contribution in [0.15, 0.2) is 59.5 Å². The van der Waals surface area contributed by atoms with Crippen LogP contribution >= 0.6 is 0 Å². The van der Waals surface area contributed by atoms with Crippen molar-refractivity contribution in [1.82, 2.24) is 0 Å². The van der Waals surface area contributed by atoms with Crippen LogP contribution in [0, 0.1) is 0 Å². The second-order valence-corrected chi connectivity index (χ2v) is 11.7. The summed E-state index contributed by atoms with van der Waals surface area (Å²) in [7, 11) is 0.798. The summed E-state index contributed by atoms with van der Waals surface area (Å²) in [6.07, 6.45) is 1.34. The molecular weight excluding hydrogens is 548 g/mol. The number of aliphatic hydroxyl groups is 1. The Morgan fingerprint density at radius 2 is 1.44 bits per heavy atom. The van der Waals surface area contributed by atoms with E-state index in [1.54, 1.807) is 33.5 Å². The van der Waals surface area contributed by atoms with Gasteiger partial charge in [-0.25, -0.2) is 8.42 Å². The molecule has 2 atom stereocenters. The van der Waals surface area contributed by atoms with Gasteiger partial charge in [0.15, 0.2) is 32.8 Å². The third kappa shape index (κ3) is 7.06. The zero-order valence-electron chi connectivity index (χ0n) is 23.9. The van der Waals surface area contributed by atoms with Crippen LogP contribution in [0.2, 0.25) is 0 Å². The Morgan fingerprint density at radius 1 is 0.829 bits per heavy atom. The lowest BCUT2D eigenvalue weighted by Crippen LogP contribution is -2.14. The van der Waals surface area contributed by atoms with E-state index in [0.717, 1.165) is 11.1 Å². The van der Waals surface area contributed by atoms with E-state index in [-0.39, 0.29) is 23.4 Å². The summed E-state index contributed by atoms with van der Waals surface area (Å²) in [5.41, 5.74) is 2.45. The van der Waals surface area contributed by atoms with Gasteiger partial charge in [-0.2, -0.15) is 0 Å². The number of sulfone groups is 1. The number of benzene rings is 3. The fourth-order valence-corrected chi connectivity index (χ4v) is 6.07. The topological polar surface area (TPSA) is 110 Å². The standard InChI is InChI=1S/C31H38O9S/c1-5-14-38-31-28(39-20-21-9-7-6-8-10-21)18-23(19-29(31)41(33,34)15-13-32)25-12-11-24(40-25)22-16-26(35-2)30(37-4)27(17-22)36-3/h6-10,16-19,24-25,32H,5,11-15,20H2,1-4H3/t24-,25-/m1/s1. The van der Waals surface area contributed by atoms with Gasteiger partial charge in [0.05, 0.1) is 52.5 Å². The molecular formula is C31H38O9S. The number of ether oxygens (including phenoxy) is 6. The molecule has 0 aliphatic carbocycles. The first kappa shape index (κ1) is 30.5. The van der Waals surface area contributed by atoms with Gasteiger partial charge < -0.3 is 33.5 Å². The number of hydrogen-bond donors (Lipinski definition) is 1. The molecule has 1 fully saturated rings.